The van der Waals surface area contributed by atoms with Crippen LogP contribution in [0.15, 0.2) is 48.6 Å². The van der Waals surface area contributed by atoms with Gasteiger partial charge in [0.1, 0.15) is 72.2 Å². The number of rotatable bonds is 24. The Morgan fingerprint density at radius 3 is 0.993 bits per heavy atom. The molecule has 4 aliphatic heterocycles. The lowest BCUT2D eigenvalue weighted by atomic mass is 9.46. The number of ether oxygens (including phenoxy) is 12. The number of cyclic esters (lactones) is 2. The quantitative estimate of drug-likeness (QED) is 0.0492. The van der Waals surface area contributed by atoms with E-state index in [0.29, 0.717) is 46.5 Å². The normalized spacial score (nSPS) is 31.2. The van der Waals surface area contributed by atoms with E-state index in [0.717, 1.165) is 119 Å². The Bertz CT molecular complexity index is 4040. The average molecular weight is 1890 g/mol. The van der Waals surface area contributed by atoms with Gasteiger partial charge in [0, 0.05) is 56.8 Å². The van der Waals surface area contributed by atoms with Crippen LogP contribution in [-0.4, -0.2) is 144 Å². The van der Waals surface area contributed by atoms with Crippen LogP contribution in [0.25, 0.3) is 0 Å². The molecule has 14 saturated carbocycles. The Morgan fingerprint density at radius 1 is 0.358 bits per heavy atom. The lowest BCUT2D eigenvalue weighted by Gasteiger charge is -2.61. The third-order valence-corrected chi connectivity index (χ3v) is 33.4. The Morgan fingerprint density at radius 2 is 0.664 bits per heavy atom. The molecule has 134 heavy (non-hydrogen) atoms. The summed E-state index contributed by atoms with van der Waals surface area (Å²) in [6.45, 7) is 57.5. The van der Waals surface area contributed by atoms with E-state index in [1.807, 2.05) is 76.2 Å². The minimum atomic E-state index is -0.481. The van der Waals surface area contributed by atoms with Crippen LogP contribution in [0.3, 0.4) is 0 Å². The smallest absolute Gasteiger partial charge is 0.333 e. The van der Waals surface area contributed by atoms with Crippen molar-refractivity contribution in [3.05, 3.63) is 48.6 Å². The fraction of sp³-hybridized carbons (Fsp3) is 0.818. The highest BCUT2D eigenvalue weighted by atomic mass is 16.6. The van der Waals surface area contributed by atoms with E-state index in [1.165, 1.54) is 116 Å². The van der Waals surface area contributed by atoms with Crippen LogP contribution in [0.5, 0.6) is 0 Å². The second-order valence-corrected chi connectivity index (χ2v) is 45.6. The van der Waals surface area contributed by atoms with Crippen molar-refractivity contribution in [1.82, 2.24) is 0 Å². The molecule has 24 nitrogen and oxygen atoms in total. The number of carbonyl (C=O) groups excluding carboxylic acids is 12. The van der Waals surface area contributed by atoms with Gasteiger partial charge in [0.25, 0.3) is 0 Å². The summed E-state index contributed by atoms with van der Waals surface area (Å²) in [5.74, 6) is 4.13. The van der Waals surface area contributed by atoms with E-state index in [4.69, 9.17) is 52.1 Å². The molecular weight excluding hydrogens is 1710 g/mol. The van der Waals surface area contributed by atoms with E-state index in [9.17, 15) is 57.5 Å². The summed E-state index contributed by atoms with van der Waals surface area (Å²) in [6.07, 6.45) is 35.0. The highest BCUT2D eigenvalue weighted by Crippen LogP contribution is 2.67. The first-order chi connectivity index (χ1) is 60.6. The zero-order valence-corrected chi connectivity index (χ0v) is 83.5. The summed E-state index contributed by atoms with van der Waals surface area (Å²) in [5.41, 5.74) is -0.413. The summed E-state index contributed by atoms with van der Waals surface area (Å²) in [5, 5.41) is 0. The zero-order chi connectivity index (χ0) is 96.6. The van der Waals surface area contributed by atoms with Crippen molar-refractivity contribution in [2.75, 3.05) is 13.2 Å². The first kappa shape index (κ1) is 117. The number of fused-ring (bicyclic) bond motifs is 2. The predicted octanol–water partition coefficient (Wildman–Crippen LogP) is 23.6. The second-order valence-electron chi connectivity index (χ2n) is 45.6. The van der Waals surface area contributed by atoms with Gasteiger partial charge in [-0.1, -0.05) is 110 Å². The predicted molar refractivity (Wildman–Crippen MR) is 518 cm³/mol. The van der Waals surface area contributed by atoms with Crippen LogP contribution in [0.4, 0.5) is 0 Å². The van der Waals surface area contributed by atoms with Gasteiger partial charge in [-0.3, -0.25) is 38.4 Å². The minimum Gasteiger partial charge on any atom is -0.462 e. The Kier molecular flexibility index (Phi) is 41.5. The third kappa shape index (κ3) is 28.0. The van der Waals surface area contributed by atoms with Gasteiger partial charge < -0.3 is 56.8 Å². The third-order valence-electron chi connectivity index (χ3n) is 33.4. The van der Waals surface area contributed by atoms with Gasteiger partial charge >= 0.3 is 71.6 Å². The fourth-order valence-corrected chi connectivity index (χ4v) is 23.6. The van der Waals surface area contributed by atoms with Crippen LogP contribution in [0.2, 0.25) is 0 Å². The first-order valence-electron chi connectivity index (χ1n) is 49.7. The molecule has 0 spiro atoms. The van der Waals surface area contributed by atoms with Crippen molar-refractivity contribution in [3.63, 3.8) is 0 Å². The molecule has 12 bridgehead atoms. The molecule has 18 rings (SSSR count). The highest BCUT2D eigenvalue weighted by Gasteiger charge is 2.66. The molecule has 18 fully saturated rings. The lowest BCUT2D eigenvalue weighted by molar-refractivity contribution is -0.206. The van der Waals surface area contributed by atoms with Crippen molar-refractivity contribution in [3.8, 4) is 0 Å². The topological polar surface area (TPSA) is 316 Å². The standard InChI is InChI=1S/C19H32O2.C17H26O2.C14H20O4.C14H26O2.C12H14O4.C12H20O2.C10H16O4.C8H10O4.4CH4/c1-6-17(2,3)16(20)21-18(4,5)19-10-13-7-14(11-19)9-15(8-13)12-19;1-11(2)15(18)19-16(3,4)17-8-12-5-13(9-17)7-14(6-12)10-17;1-4-14(2,3)13(16)18-10-7-5-8-9(6-7)12(15)17-11(8)10;1-5-13(3,4)12(15)16-14(6-2)10-8-7-9-11-14;1-5(2)11(13)15-9-6-3-7-8(4-6)12(14)16-10(7)9;1-4-12(8-6-5-7-9-12)14-11(13)10(2)3;1-4-10(2,3)9(12)14-7-5-8(11)13-6-7;1-5(2)8(10)12-6-3-7(9)11-4-6;;;;/h13-15H,6-12H2,1-5H3;12-14H,1,5-10H2,2-4H3;7-11H,4-6H2,1-3H3;5-11H2,1-4H3;6-10H,1,3-4H2,2H3;2,4-9H2,1,3H3;7H,4-6H2,1-3H3;6H,1,3-4H2,2H3;4*1H4. The maximum atomic E-state index is 12.6. The molecule has 0 aromatic heterocycles. The van der Waals surface area contributed by atoms with Crippen LogP contribution in [0, 0.1) is 104 Å². The van der Waals surface area contributed by atoms with Crippen molar-refractivity contribution in [1.29, 1.82) is 0 Å². The molecule has 4 saturated heterocycles. The van der Waals surface area contributed by atoms with Gasteiger partial charge in [-0.05, 0) is 339 Å². The maximum absolute atomic E-state index is 12.6. The first-order valence-corrected chi connectivity index (χ1v) is 49.7. The van der Waals surface area contributed by atoms with Crippen molar-refractivity contribution in [2.45, 2.75) is 459 Å². The molecule has 12 atom stereocenters. The Labute approximate surface area is 806 Å². The number of hydrogen-bond donors (Lipinski definition) is 0. The molecule has 18 aliphatic rings. The molecule has 0 amide bonds. The van der Waals surface area contributed by atoms with E-state index in [-0.39, 0.29) is 214 Å². The second kappa shape index (κ2) is 47.5. The maximum Gasteiger partial charge on any atom is 0.333 e. The summed E-state index contributed by atoms with van der Waals surface area (Å²) in [4.78, 5) is 139. The van der Waals surface area contributed by atoms with Crippen molar-refractivity contribution in [2.24, 2.45) is 104 Å². The van der Waals surface area contributed by atoms with E-state index in [1.54, 1.807) is 27.7 Å². The summed E-state index contributed by atoms with van der Waals surface area (Å²) >= 11 is 0. The molecule has 0 aromatic carbocycles. The number of carbonyl (C=O) groups is 12. The van der Waals surface area contributed by atoms with Crippen LogP contribution >= 0.6 is 0 Å². The Balaban J connectivity index is 0.000000271. The molecule has 12 unspecified atom stereocenters. The van der Waals surface area contributed by atoms with Gasteiger partial charge in [0.15, 0.2) is 0 Å². The van der Waals surface area contributed by atoms with Gasteiger partial charge in [-0.15, -0.1) is 0 Å². The summed E-state index contributed by atoms with van der Waals surface area (Å²) in [6, 6.07) is 0. The molecule has 0 radical (unpaired) electrons. The SMILES string of the molecule is C.C.C.C.C=C(C)C(=O)OC(C)(C)C12CC3CC(CC(C3)C1)C2.C=C(C)C(=O)OC1(CC)CCCCC1.C=C(C)C(=O)OC1C2CC3C(=O)OC1C3C2.C=C(C)C(=O)OC1COC(=O)C1.CCC(C)(C)C(=O)OC(C)(C)C12CC3CC(CC(C3)C1)C2.CCC(C)(C)C(=O)OC1C2CC3C(=O)OC1C3C2.CCC(C)(C)C(=O)OC1COC(=O)C1.CCC1(OC(=O)C(C)(C)CC)CCCCC1. The highest BCUT2D eigenvalue weighted by molar-refractivity contribution is 5.89. The number of esters is 12. The minimum absolute atomic E-state index is 0. The molecule has 0 N–H and O–H groups in total. The molecule has 14 aliphatic carbocycles. The molecule has 4 heterocycles. The monoisotopic (exact) mass is 1890 g/mol. The van der Waals surface area contributed by atoms with Gasteiger partial charge in [-0.25, -0.2) is 19.2 Å². The van der Waals surface area contributed by atoms with Gasteiger partial charge in [-0.2, -0.15) is 0 Å². The molecular formula is C110H180O24. The van der Waals surface area contributed by atoms with Gasteiger partial charge in [0.2, 0.25) is 0 Å². The van der Waals surface area contributed by atoms with E-state index >= 15 is 0 Å². The van der Waals surface area contributed by atoms with Gasteiger partial charge in [0.05, 0.1) is 46.3 Å². The summed E-state index contributed by atoms with van der Waals surface area (Å²) < 4.78 is 64.4. The van der Waals surface area contributed by atoms with Crippen LogP contribution in [0.1, 0.15) is 400 Å². The summed E-state index contributed by atoms with van der Waals surface area (Å²) in [7, 11) is 0. The Hall–Kier alpha value is -7.40. The molecule has 764 valence electrons. The fourth-order valence-electron chi connectivity index (χ4n) is 23.6. The van der Waals surface area contributed by atoms with Crippen LogP contribution < -0.4 is 0 Å². The zero-order valence-electron chi connectivity index (χ0n) is 83.5. The van der Waals surface area contributed by atoms with Crippen LogP contribution in [-0.2, 0) is 114 Å². The average Bonchev–Trinajstić information content (AvgIpc) is 1.55. The van der Waals surface area contributed by atoms with Crippen molar-refractivity contribution < 1.29 is 114 Å². The van der Waals surface area contributed by atoms with E-state index in [2.05, 4.69) is 79.5 Å². The molecule has 24 heteroatoms. The van der Waals surface area contributed by atoms with Crippen molar-refractivity contribution >= 4 is 71.6 Å². The van der Waals surface area contributed by atoms with E-state index < -0.39 is 22.9 Å². The molecule has 0 aromatic rings. The lowest BCUT2D eigenvalue weighted by Crippen LogP contribution is -2.58. The largest absolute Gasteiger partial charge is 0.462 e. The number of hydrogen-bond acceptors (Lipinski definition) is 24.